The minimum absolute atomic E-state index is 0.133. The fourth-order valence-corrected chi connectivity index (χ4v) is 1.54. The molecule has 90 valence electrons. The van der Waals surface area contributed by atoms with Gasteiger partial charge in [0.2, 0.25) is 0 Å². The average molecular weight is 229 g/mol. The third kappa shape index (κ3) is 4.24. The highest BCUT2D eigenvalue weighted by Gasteiger charge is 2.06. The minimum Gasteiger partial charge on any atom is -0.393 e. The van der Waals surface area contributed by atoms with Gasteiger partial charge in [-0.15, -0.1) is 0 Å². The van der Waals surface area contributed by atoms with Gasteiger partial charge in [0.15, 0.2) is 11.6 Å². The molecule has 0 saturated heterocycles. The SMILES string of the molecule is CC(O)CC(C)NCc1ccc(F)c(F)c1. The van der Waals surface area contributed by atoms with E-state index >= 15 is 0 Å². The molecule has 0 bridgehead atoms. The van der Waals surface area contributed by atoms with Gasteiger partial charge in [-0.3, -0.25) is 0 Å². The summed E-state index contributed by atoms with van der Waals surface area (Å²) in [5.74, 6) is -1.66. The van der Waals surface area contributed by atoms with Crippen LogP contribution in [0, 0.1) is 11.6 Å². The van der Waals surface area contributed by atoms with Crippen LogP contribution in [0.4, 0.5) is 8.78 Å². The largest absolute Gasteiger partial charge is 0.393 e. The zero-order chi connectivity index (χ0) is 12.1. The average Bonchev–Trinajstić information content (AvgIpc) is 2.19. The van der Waals surface area contributed by atoms with E-state index in [2.05, 4.69) is 5.32 Å². The Morgan fingerprint density at radius 2 is 1.94 bits per heavy atom. The van der Waals surface area contributed by atoms with Crippen LogP contribution in [0.2, 0.25) is 0 Å². The first-order valence-corrected chi connectivity index (χ1v) is 5.34. The first-order valence-electron chi connectivity index (χ1n) is 5.34. The van der Waals surface area contributed by atoms with Crippen molar-refractivity contribution in [3.63, 3.8) is 0 Å². The molecule has 0 amide bonds. The van der Waals surface area contributed by atoms with Crippen LogP contribution in [0.25, 0.3) is 0 Å². The van der Waals surface area contributed by atoms with E-state index in [0.717, 1.165) is 6.07 Å². The van der Waals surface area contributed by atoms with Crippen molar-refractivity contribution in [3.05, 3.63) is 35.4 Å². The van der Waals surface area contributed by atoms with Gasteiger partial charge in [0.05, 0.1) is 6.10 Å². The predicted molar refractivity (Wildman–Crippen MR) is 59.0 cm³/mol. The molecule has 2 atom stereocenters. The molecule has 0 saturated carbocycles. The van der Waals surface area contributed by atoms with E-state index in [0.29, 0.717) is 18.5 Å². The number of hydrogen-bond donors (Lipinski definition) is 2. The molecule has 1 aromatic carbocycles. The van der Waals surface area contributed by atoms with Gasteiger partial charge in [-0.25, -0.2) is 8.78 Å². The molecule has 4 heteroatoms. The molecule has 0 heterocycles. The highest BCUT2D eigenvalue weighted by atomic mass is 19.2. The van der Waals surface area contributed by atoms with Gasteiger partial charge in [0.1, 0.15) is 0 Å². The van der Waals surface area contributed by atoms with E-state index in [1.807, 2.05) is 6.92 Å². The van der Waals surface area contributed by atoms with Crippen molar-refractivity contribution in [1.82, 2.24) is 5.32 Å². The van der Waals surface area contributed by atoms with Crippen LogP contribution in [0.1, 0.15) is 25.8 Å². The maximum atomic E-state index is 12.9. The molecule has 1 aromatic rings. The summed E-state index contributed by atoms with van der Waals surface area (Å²) in [5, 5.41) is 12.3. The maximum absolute atomic E-state index is 12.9. The van der Waals surface area contributed by atoms with Crippen molar-refractivity contribution in [2.75, 3.05) is 0 Å². The molecule has 1 rings (SSSR count). The van der Waals surface area contributed by atoms with E-state index < -0.39 is 11.6 Å². The lowest BCUT2D eigenvalue weighted by atomic mass is 10.1. The van der Waals surface area contributed by atoms with E-state index in [1.54, 1.807) is 13.0 Å². The predicted octanol–water partition coefficient (Wildman–Crippen LogP) is 2.21. The van der Waals surface area contributed by atoms with Crippen LogP contribution in [0.15, 0.2) is 18.2 Å². The summed E-state index contributed by atoms with van der Waals surface area (Å²) in [4.78, 5) is 0. The van der Waals surface area contributed by atoms with E-state index in [-0.39, 0.29) is 12.1 Å². The van der Waals surface area contributed by atoms with Gasteiger partial charge >= 0.3 is 0 Å². The summed E-state index contributed by atoms with van der Waals surface area (Å²) < 4.78 is 25.5. The van der Waals surface area contributed by atoms with Crippen molar-refractivity contribution in [1.29, 1.82) is 0 Å². The number of benzene rings is 1. The fourth-order valence-electron chi connectivity index (χ4n) is 1.54. The molecule has 2 unspecified atom stereocenters. The lowest BCUT2D eigenvalue weighted by Gasteiger charge is -2.15. The molecule has 0 aliphatic heterocycles. The lowest BCUT2D eigenvalue weighted by molar-refractivity contribution is 0.170. The Labute approximate surface area is 94.3 Å². The number of rotatable bonds is 5. The van der Waals surface area contributed by atoms with Gasteiger partial charge in [0.25, 0.3) is 0 Å². The highest BCUT2D eigenvalue weighted by Crippen LogP contribution is 2.09. The number of halogens is 2. The molecular formula is C12H17F2NO. The normalized spacial score (nSPS) is 14.8. The molecule has 0 radical (unpaired) electrons. The maximum Gasteiger partial charge on any atom is 0.159 e. The first-order chi connectivity index (χ1) is 7.49. The standard InChI is InChI=1S/C12H17F2NO/c1-8(5-9(2)16)15-7-10-3-4-11(13)12(14)6-10/h3-4,6,8-9,15-16H,5,7H2,1-2H3. The minimum atomic E-state index is -0.833. The summed E-state index contributed by atoms with van der Waals surface area (Å²) in [5.41, 5.74) is 0.691. The lowest BCUT2D eigenvalue weighted by Crippen LogP contribution is -2.28. The van der Waals surface area contributed by atoms with Crippen molar-refractivity contribution in [3.8, 4) is 0 Å². The second-order valence-corrected chi connectivity index (χ2v) is 4.12. The van der Waals surface area contributed by atoms with Gasteiger partial charge in [-0.05, 0) is 38.0 Å². The third-order valence-electron chi connectivity index (χ3n) is 2.33. The third-order valence-corrected chi connectivity index (χ3v) is 2.33. The van der Waals surface area contributed by atoms with Crippen molar-refractivity contribution >= 4 is 0 Å². The molecule has 0 aliphatic rings. The van der Waals surface area contributed by atoms with Crippen molar-refractivity contribution < 1.29 is 13.9 Å². The number of aliphatic hydroxyl groups is 1. The molecule has 2 N–H and O–H groups in total. The topological polar surface area (TPSA) is 32.3 Å². The Bertz CT molecular complexity index is 342. The van der Waals surface area contributed by atoms with Gasteiger partial charge < -0.3 is 10.4 Å². The van der Waals surface area contributed by atoms with Crippen molar-refractivity contribution in [2.24, 2.45) is 0 Å². The second kappa shape index (κ2) is 5.92. The van der Waals surface area contributed by atoms with Gasteiger partial charge in [-0.1, -0.05) is 6.07 Å². The van der Waals surface area contributed by atoms with E-state index in [9.17, 15) is 8.78 Å². The monoisotopic (exact) mass is 229 g/mol. The fraction of sp³-hybridized carbons (Fsp3) is 0.500. The van der Waals surface area contributed by atoms with Crippen molar-refractivity contribution in [2.45, 2.75) is 39.0 Å². The molecule has 0 spiro atoms. The van der Waals surface area contributed by atoms with Gasteiger partial charge in [0, 0.05) is 12.6 Å². The molecule has 0 aromatic heterocycles. The summed E-state index contributed by atoms with van der Waals surface area (Å²) in [6, 6.07) is 3.97. The Kier molecular flexibility index (Phi) is 4.83. The Hall–Kier alpha value is -1.00. The smallest absolute Gasteiger partial charge is 0.159 e. The Balaban J connectivity index is 2.45. The van der Waals surface area contributed by atoms with Crippen LogP contribution in [-0.4, -0.2) is 17.3 Å². The molecular weight excluding hydrogens is 212 g/mol. The summed E-state index contributed by atoms with van der Waals surface area (Å²) in [6.07, 6.45) is 0.261. The van der Waals surface area contributed by atoms with Gasteiger partial charge in [-0.2, -0.15) is 0 Å². The number of nitrogens with one attached hydrogen (secondary N) is 1. The zero-order valence-electron chi connectivity index (χ0n) is 9.50. The first kappa shape index (κ1) is 13.1. The second-order valence-electron chi connectivity index (χ2n) is 4.12. The molecule has 0 aliphatic carbocycles. The quantitative estimate of drug-likeness (QED) is 0.811. The van der Waals surface area contributed by atoms with Crippen LogP contribution >= 0.6 is 0 Å². The summed E-state index contributed by atoms with van der Waals surface area (Å²) in [7, 11) is 0. The highest BCUT2D eigenvalue weighted by molar-refractivity contribution is 5.17. The molecule has 2 nitrogen and oxygen atoms in total. The molecule has 16 heavy (non-hydrogen) atoms. The summed E-state index contributed by atoms with van der Waals surface area (Å²) in [6.45, 7) is 4.12. The van der Waals surface area contributed by atoms with E-state index in [1.165, 1.54) is 6.07 Å². The number of hydrogen-bond acceptors (Lipinski definition) is 2. The van der Waals surface area contributed by atoms with Crippen LogP contribution in [-0.2, 0) is 6.54 Å². The molecule has 0 fully saturated rings. The summed E-state index contributed by atoms with van der Waals surface area (Å²) >= 11 is 0. The van der Waals surface area contributed by atoms with Crippen LogP contribution in [0.5, 0.6) is 0 Å². The Morgan fingerprint density at radius 3 is 2.50 bits per heavy atom. The zero-order valence-corrected chi connectivity index (χ0v) is 9.50. The van der Waals surface area contributed by atoms with Crippen LogP contribution in [0.3, 0.4) is 0 Å². The number of aliphatic hydroxyl groups excluding tert-OH is 1. The van der Waals surface area contributed by atoms with Crippen LogP contribution < -0.4 is 5.32 Å². The Morgan fingerprint density at radius 1 is 1.25 bits per heavy atom. The van der Waals surface area contributed by atoms with E-state index in [4.69, 9.17) is 5.11 Å².